The van der Waals surface area contributed by atoms with Crippen molar-refractivity contribution in [2.24, 2.45) is 5.41 Å². The molecule has 180 valence electrons. The standard InChI is InChI=1S/C27H27FN4O3/c1-26(2,7-8-29)24-23(16-12-27(3,13-16)25(33)34)18-11-20-15(14-30-31-20)9-21(18)32(24)17-5-6-19(28)22(10-17)35-4/h5-6,9-11,14,16H,7,12-13H2,1-4H3,(H,30,31)(H,33,34). The maximum Gasteiger partial charge on any atom is 0.309 e. The van der Waals surface area contributed by atoms with Crippen LogP contribution in [-0.2, 0) is 10.2 Å². The molecular weight excluding hydrogens is 447 g/mol. The Kier molecular flexibility index (Phi) is 5.13. The van der Waals surface area contributed by atoms with E-state index in [1.165, 1.54) is 13.2 Å². The molecule has 1 saturated carbocycles. The van der Waals surface area contributed by atoms with Crippen LogP contribution in [0.15, 0.2) is 36.5 Å². The van der Waals surface area contributed by atoms with Gasteiger partial charge in [0.25, 0.3) is 0 Å². The summed E-state index contributed by atoms with van der Waals surface area (Å²) in [4.78, 5) is 11.9. The molecule has 0 saturated heterocycles. The lowest BCUT2D eigenvalue weighted by atomic mass is 9.59. The highest BCUT2D eigenvalue weighted by Crippen LogP contribution is 2.56. The van der Waals surface area contributed by atoms with Crippen LogP contribution < -0.4 is 4.74 Å². The zero-order chi connectivity index (χ0) is 25.1. The molecule has 0 unspecified atom stereocenters. The van der Waals surface area contributed by atoms with Gasteiger partial charge in [0.2, 0.25) is 0 Å². The average molecular weight is 475 g/mol. The van der Waals surface area contributed by atoms with E-state index in [1.54, 1.807) is 25.3 Å². The first-order chi connectivity index (χ1) is 16.6. The molecule has 0 spiro atoms. The fraction of sp³-hybridized carbons (Fsp3) is 0.370. The number of ether oxygens (including phenoxy) is 1. The first kappa shape index (κ1) is 22.9. The van der Waals surface area contributed by atoms with Crippen LogP contribution in [0.5, 0.6) is 5.75 Å². The number of benzene rings is 2. The first-order valence-corrected chi connectivity index (χ1v) is 11.6. The molecule has 0 atom stereocenters. The van der Waals surface area contributed by atoms with Gasteiger partial charge in [-0.25, -0.2) is 4.39 Å². The molecule has 7 nitrogen and oxygen atoms in total. The quantitative estimate of drug-likeness (QED) is 0.367. The molecule has 4 aromatic rings. The number of methoxy groups -OCH3 is 1. The summed E-state index contributed by atoms with van der Waals surface area (Å²) >= 11 is 0. The third-order valence-corrected chi connectivity index (χ3v) is 7.44. The number of carboxylic acid groups (broad SMARTS) is 1. The Balaban J connectivity index is 1.87. The average Bonchev–Trinajstić information content (AvgIpc) is 3.37. The predicted molar refractivity (Wildman–Crippen MR) is 130 cm³/mol. The number of fused-ring (bicyclic) bond motifs is 2. The van der Waals surface area contributed by atoms with Gasteiger partial charge in [-0.2, -0.15) is 10.4 Å². The molecule has 0 aliphatic heterocycles. The maximum atomic E-state index is 14.3. The summed E-state index contributed by atoms with van der Waals surface area (Å²) in [7, 11) is 1.43. The SMILES string of the molecule is COc1cc(-n2c(C(C)(C)CC#N)c(C3CC(C)(C(=O)O)C3)c3cc4[nH]ncc4cc32)ccc1F. The number of nitrogens with one attached hydrogen (secondary N) is 1. The fourth-order valence-corrected chi connectivity index (χ4v) is 5.57. The minimum Gasteiger partial charge on any atom is -0.494 e. The monoisotopic (exact) mass is 474 g/mol. The number of nitrogens with zero attached hydrogens (tertiary/aromatic N) is 3. The highest BCUT2D eigenvalue weighted by molar-refractivity contribution is 5.99. The summed E-state index contributed by atoms with van der Waals surface area (Å²) in [6.07, 6.45) is 3.02. The van der Waals surface area contributed by atoms with Gasteiger partial charge in [-0.1, -0.05) is 13.8 Å². The summed E-state index contributed by atoms with van der Waals surface area (Å²) < 4.78 is 21.7. The van der Waals surface area contributed by atoms with E-state index in [2.05, 4.69) is 20.8 Å². The molecular formula is C27H27FN4O3. The summed E-state index contributed by atoms with van der Waals surface area (Å²) in [5, 5.41) is 28.5. The molecule has 5 rings (SSSR count). The molecule has 1 fully saturated rings. The van der Waals surface area contributed by atoms with Gasteiger partial charge in [0.05, 0.1) is 35.8 Å². The van der Waals surface area contributed by atoms with E-state index in [9.17, 15) is 19.6 Å². The van der Waals surface area contributed by atoms with Gasteiger partial charge in [-0.05, 0) is 55.5 Å². The van der Waals surface area contributed by atoms with E-state index in [0.717, 1.165) is 33.1 Å². The van der Waals surface area contributed by atoms with Crippen molar-refractivity contribution in [3.8, 4) is 17.5 Å². The highest BCUT2D eigenvalue weighted by Gasteiger charge is 2.49. The van der Waals surface area contributed by atoms with Crippen LogP contribution in [0.1, 0.15) is 57.2 Å². The van der Waals surface area contributed by atoms with Crippen molar-refractivity contribution in [1.29, 1.82) is 5.26 Å². The molecule has 8 heteroatoms. The van der Waals surface area contributed by atoms with Crippen molar-refractivity contribution in [3.63, 3.8) is 0 Å². The number of rotatable bonds is 6. The van der Waals surface area contributed by atoms with Crippen LogP contribution in [0, 0.1) is 22.6 Å². The molecule has 2 heterocycles. The van der Waals surface area contributed by atoms with Crippen LogP contribution in [0.2, 0.25) is 0 Å². The minimum absolute atomic E-state index is 0.00975. The summed E-state index contributed by atoms with van der Waals surface area (Å²) in [5.74, 6) is -1.12. The van der Waals surface area contributed by atoms with E-state index in [1.807, 2.05) is 26.0 Å². The third-order valence-electron chi connectivity index (χ3n) is 7.44. The molecule has 2 aromatic heterocycles. The normalized spacial score (nSPS) is 20.1. The fourth-order valence-electron chi connectivity index (χ4n) is 5.57. The Morgan fingerprint density at radius 1 is 1.37 bits per heavy atom. The van der Waals surface area contributed by atoms with Crippen molar-refractivity contribution in [2.75, 3.05) is 7.11 Å². The van der Waals surface area contributed by atoms with Crippen molar-refractivity contribution in [1.82, 2.24) is 14.8 Å². The predicted octanol–water partition coefficient (Wildman–Crippen LogP) is 5.81. The van der Waals surface area contributed by atoms with E-state index in [4.69, 9.17) is 4.74 Å². The molecule has 1 aliphatic rings. The number of nitriles is 1. The Bertz CT molecular complexity index is 1520. The minimum atomic E-state index is -0.797. The van der Waals surface area contributed by atoms with Crippen molar-refractivity contribution < 1.29 is 19.0 Å². The van der Waals surface area contributed by atoms with Gasteiger partial charge in [-0.3, -0.25) is 9.89 Å². The van der Waals surface area contributed by atoms with Crippen molar-refractivity contribution in [2.45, 2.75) is 51.4 Å². The van der Waals surface area contributed by atoms with Crippen LogP contribution >= 0.6 is 0 Å². The number of halogens is 1. The smallest absolute Gasteiger partial charge is 0.309 e. The number of hydrogen-bond donors (Lipinski definition) is 2. The van der Waals surface area contributed by atoms with Gasteiger partial charge < -0.3 is 14.4 Å². The van der Waals surface area contributed by atoms with Gasteiger partial charge in [0.1, 0.15) is 0 Å². The molecule has 2 N–H and O–H groups in total. The second-order valence-corrected chi connectivity index (χ2v) is 10.4. The number of aromatic nitrogens is 3. The Morgan fingerprint density at radius 3 is 2.77 bits per heavy atom. The van der Waals surface area contributed by atoms with Gasteiger partial charge in [0.15, 0.2) is 11.6 Å². The zero-order valence-electron chi connectivity index (χ0n) is 20.1. The second-order valence-electron chi connectivity index (χ2n) is 10.4. The largest absolute Gasteiger partial charge is 0.494 e. The van der Waals surface area contributed by atoms with E-state index in [-0.39, 0.29) is 18.1 Å². The number of aliphatic carboxylic acids is 1. The molecule has 1 aliphatic carbocycles. The molecule has 0 bridgehead atoms. The van der Waals surface area contributed by atoms with Crippen LogP contribution in [0.3, 0.4) is 0 Å². The second kappa shape index (κ2) is 7.84. The Hall–Kier alpha value is -3.86. The summed E-state index contributed by atoms with van der Waals surface area (Å²) in [5.41, 5.74) is 3.10. The summed E-state index contributed by atoms with van der Waals surface area (Å²) in [6, 6.07) is 11.1. The molecule has 0 amide bonds. The summed E-state index contributed by atoms with van der Waals surface area (Å²) in [6.45, 7) is 5.82. The lowest BCUT2D eigenvalue weighted by Crippen LogP contribution is -2.41. The Labute approximate surface area is 202 Å². The Morgan fingerprint density at radius 2 is 2.11 bits per heavy atom. The van der Waals surface area contributed by atoms with E-state index < -0.39 is 22.6 Å². The number of aromatic amines is 1. The van der Waals surface area contributed by atoms with Crippen LogP contribution in [0.25, 0.3) is 27.5 Å². The van der Waals surface area contributed by atoms with Gasteiger partial charge in [0, 0.05) is 40.1 Å². The number of carbonyl (C=O) groups is 1. The third kappa shape index (κ3) is 3.45. The van der Waals surface area contributed by atoms with Crippen LogP contribution in [-0.4, -0.2) is 33.0 Å². The lowest BCUT2D eigenvalue weighted by Gasteiger charge is -2.43. The molecule has 2 aromatic carbocycles. The lowest BCUT2D eigenvalue weighted by molar-refractivity contribution is -0.154. The number of carboxylic acids is 1. The van der Waals surface area contributed by atoms with Crippen molar-refractivity contribution in [3.05, 3.63) is 53.6 Å². The topological polar surface area (TPSA) is 104 Å². The highest BCUT2D eigenvalue weighted by atomic mass is 19.1. The number of hydrogen-bond acceptors (Lipinski definition) is 4. The maximum absolute atomic E-state index is 14.3. The molecule has 0 radical (unpaired) electrons. The van der Waals surface area contributed by atoms with Crippen molar-refractivity contribution >= 4 is 27.8 Å². The van der Waals surface area contributed by atoms with E-state index >= 15 is 0 Å². The first-order valence-electron chi connectivity index (χ1n) is 11.6. The van der Waals surface area contributed by atoms with Gasteiger partial charge >= 0.3 is 5.97 Å². The number of H-pyrrole nitrogens is 1. The molecule has 35 heavy (non-hydrogen) atoms. The zero-order valence-corrected chi connectivity index (χ0v) is 20.1. The van der Waals surface area contributed by atoms with Gasteiger partial charge in [-0.15, -0.1) is 0 Å². The van der Waals surface area contributed by atoms with Crippen LogP contribution in [0.4, 0.5) is 4.39 Å². The van der Waals surface area contributed by atoms with E-state index in [0.29, 0.717) is 18.5 Å².